The summed E-state index contributed by atoms with van der Waals surface area (Å²) in [7, 11) is 0. The van der Waals surface area contributed by atoms with Crippen molar-refractivity contribution in [1.29, 1.82) is 0 Å². The van der Waals surface area contributed by atoms with Crippen LogP contribution in [-0.2, 0) is 0 Å². The highest BCUT2D eigenvalue weighted by atomic mass is 79.9. The summed E-state index contributed by atoms with van der Waals surface area (Å²) < 4.78 is 1.15. The van der Waals surface area contributed by atoms with Gasteiger partial charge in [0.15, 0.2) is 0 Å². The smallest absolute Gasteiger partial charge is 0.0383 e. The third-order valence-electron chi connectivity index (χ3n) is 4.00. The van der Waals surface area contributed by atoms with Crippen LogP contribution in [0.15, 0.2) is 22.7 Å². The van der Waals surface area contributed by atoms with Gasteiger partial charge in [0.2, 0.25) is 0 Å². The van der Waals surface area contributed by atoms with E-state index in [0.29, 0.717) is 6.04 Å². The van der Waals surface area contributed by atoms with Crippen molar-refractivity contribution in [1.82, 2.24) is 0 Å². The Hall–Kier alpha value is -0.500. The number of nitrogens with one attached hydrogen (secondary N) is 1. The van der Waals surface area contributed by atoms with Gasteiger partial charge in [-0.3, -0.25) is 0 Å². The minimum absolute atomic E-state index is 0.631. The Morgan fingerprint density at radius 2 is 2.00 bits per heavy atom. The van der Waals surface area contributed by atoms with Gasteiger partial charge in [-0.25, -0.2) is 0 Å². The largest absolute Gasteiger partial charge is 0.382 e. The third-order valence-corrected chi connectivity index (χ3v) is 4.49. The van der Waals surface area contributed by atoms with Crippen molar-refractivity contribution in [3.05, 3.63) is 28.2 Å². The highest BCUT2D eigenvalue weighted by Gasteiger charge is 2.25. The molecule has 0 heterocycles. The maximum atomic E-state index is 3.74. The molecule has 1 fully saturated rings. The van der Waals surface area contributed by atoms with E-state index in [0.717, 1.165) is 16.3 Å². The summed E-state index contributed by atoms with van der Waals surface area (Å²) >= 11 is 3.55. The molecule has 1 aromatic carbocycles. The van der Waals surface area contributed by atoms with E-state index in [-0.39, 0.29) is 0 Å². The zero-order valence-corrected chi connectivity index (χ0v) is 12.5. The number of halogens is 1. The summed E-state index contributed by atoms with van der Waals surface area (Å²) in [4.78, 5) is 0. The summed E-state index contributed by atoms with van der Waals surface area (Å²) in [5.41, 5.74) is 2.61. The Labute approximate surface area is 113 Å². The third kappa shape index (κ3) is 3.25. The fraction of sp³-hybridized carbons (Fsp3) is 0.600. The SMILES string of the molecule is Cc1ccc(Br)cc1NC1CC(C)CCC1C. The molecule has 1 aromatic rings. The van der Waals surface area contributed by atoms with Gasteiger partial charge in [-0.2, -0.15) is 0 Å². The standard InChI is InChI=1S/C15H22BrN/c1-10-4-5-11(2)14(8-10)17-15-9-13(16)7-6-12(15)3/h6-7,9-11,14,17H,4-5,8H2,1-3H3. The Bertz CT molecular complexity index is 389. The molecule has 0 saturated heterocycles. The maximum absolute atomic E-state index is 3.74. The molecule has 17 heavy (non-hydrogen) atoms. The van der Waals surface area contributed by atoms with E-state index in [4.69, 9.17) is 0 Å². The van der Waals surface area contributed by atoms with Crippen molar-refractivity contribution < 1.29 is 0 Å². The van der Waals surface area contributed by atoms with Crippen molar-refractivity contribution in [3.63, 3.8) is 0 Å². The average Bonchev–Trinajstić information content (AvgIpc) is 2.28. The molecule has 1 aliphatic carbocycles. The number of rotatable bonds is 2. The van der Waals surface area contributed by atoms with Crippen LogP contribution in [0, 0.1) is 18.8 Å². The molecular formula is C15H22BrN. The average molecular weight is 296 g/mol. The van der Waals surface area contributed by atoms with Gasteiger partial charge in [-0.05, 0) is 49.3 Å². The molecule has 2 heteroatoms. The molecule has 0 bridgehead atoms. The van der Waals surface area contributed by atoms with E-state index in [1.807, 2.05) is 0 Å². The fourth-order valence-corrected chi connectivity index (χ4v) is 3.04. The van der Waals surface area contributed by atoms with Crippen LogP contribution < -0.4 is 5.32 Å². The van der Waals surface area contributed by atoms with Crippen LogP contribution >= 0.6 is 15.9 Å². The van der Waals surface area contributed by atoms with Crippen LogP contribution in [0.4, 0.5) is 5.69 Å². The molecule has 2 rings (SSSR count). The minimum Gasteiger partial charge on any atom is -0.382 e. The van der Waals surface area contributed by atoms with Gasteiger partial charge < -0.3 is 5.32 Å². The molecule has 3 atom stereocenters. The summed E-state index contributed by atoms with van der Waals surface area (Å²) in [5, 5.41) is 3.74. The first-order valence-electron chi connectivity index (χ1n) is 6.59. The molecule has 1 nitrogen and oxygen atoms in total. The van der Waals surface area contributed by atoms with Gasteiger partial charge in [-0.15, -0.1) is 0 Å². The summed E-state index contributed by atoms with van der Waals surface area (Å²) in [6.45, 7) is 6.91. The van der Waals surface area contributed by atoms with Crippen molar-refractivity contribution in [2.75, 3.05) is 5.32 Å². The first-order chi connectivity index (χ1) is 8.06. The van der Waals surface area contributed by atoms with Gasteiger partial charge in [0.25, 0.3) is 0 Å². The number of anilines is 1. The van der Waals surface area contributed by atoms with E-state index < -0.39 is 0 Å². The first kappa shape index (κ1) is 12.9. The van der Waals surface area contributed by atoms with Gasteiger partial charge in [0.05, 0.1) is 0 Å². The molecule has 1 aliphatic rings. The van der Waals surface area contributed by atoms with E-state index in [1.54, 1.807) is 0 Å². The number of hydrogen-bond acceptors (Lipinski definition) is 1. The van der Waals surface area contributed by atoms with Gasteiger partial charge in [0, 0.05) is 16.2 Å². The first-order valence-corrected chi connectivity index (χ1v) is 7.38. The molecule has 0 radical (unpaired) electrons. The Morgan fingerprint density at radius 3 is 2.76 bits per heavy atom. The quantitative estimate of drug-likeness (QED) is 0.810. The normalized spacial score (nSPS) is 29.1. The number of hydrogen-bond donors (Lipinski definition) is 1. The van der Waals surface area contributed by atoms with Crippen molar-refractivity contribution in [2.24, 2.45) is 11.8 Å². The van der Waals surface area contributed by atoms with E-state index in [9.17, 15) is 0 Å². The van der Waals surface area contributed by atoms with Crippen LogP contribution in [0.3, 0.4) is 0 Å². The summed E-state index contributed by atoms with van der Waals surface area (Å²) in [6.07, 6.45) is 4.04. The lowest BCUT2D eigenvalue weighted by Gasteiger charge is -2.34. The van der Waals surface area contributed by atoms with Crippen LogP contribution in [0.1, 0.15) is 38.7 Å². The lowest BCUT2D eigenvalue weighted by atomic mass is 9.80. The highest BCUT2D eigenvalue weighted by molar-refractivity contribution is 9.10. The molecule has 94 valence electrons. The molecule has 0 aliphatic heterocycles. The predicted molar refractivity (Wildman–Crippen MR) is 78.5 cm³/mol. The molecule has 1 saturated carbocycles. The fourth-order valence-electron chi connectivity index (χ4n) is 2.68. The second-order valence-electron chi connectivity index (χ2n) is 5.61. The molecule has 0 aromatic heterocycles. The number of benzene rings is 1. The van der Waals surface area contributed by atoms with Crippen LogP contribution in [0.2, 0.25) is 0 Å². The molecular weight excluding hydrogens is 274 g/mol. The van der Waals surface area contributed by atoms with Gasteiger partial charge in [0.1, 0.15) is 0 Å². The van der Waals surface area contributed by atoms with E-state index >= 15 is 0 Å². The monoisotopic (exact) mass is 295 g/mol. The highest BCUT2D eigenvalue weighted by Crippen LogP contribution is 2.32. The lowest BCUT2D eigenvalue weighted by molar-refractivity contribution is 0.280. The van der Waals surface area contributed by atoms with Crippen LogP contribution in [0.5, 0.6) is 0 Å². The molecule has 0 spiro atoms. The van der Waals surface area contributed by atoms with Crippen LogP contribution in [0.25, 0.3) is 0 Å². The number of aryl methyl sites for hydroxylation is 1. The molecule has 1 N–H and O–H groups in total. The van der Waals surface area contributed by atoms with Gasteiger partial charge in [-0.1, -0.05) is 42.3 Å². The molecule has 3 unspecified atom stereocenters. The second-order valence-corrected chi connectivity index (χ2v) is 6.52. The zero-order valence-electron chi connectivity index (χ0n) is 11.0. The predicted octanol–water partition coefficient (Wildman–Crippen LogP) is 4.99. The zero-order chi connectivity index (χ0) is 12.4. The summed E-state index contributed by atoms with van der Waals surface area (Å²) in [5.74, 6) is 1.64. The molecule has 0 amide bonds. The Morgan fingerprint density at radius 1 is 1.24 bits per heavy atom. The second kappa shape index (κ2) is 5.43. The van der Waals surface area contributed by atoms with Crippen molar-refractivity contribution in [2.45, 2.75) is 46.1 Å². The van der Waals surface area contributed by atoms with Gasteiger partial charge >= 0.3 is 0 Å². The maximum Gasteiger partial charge on any atom is 0.0383 e. The van der Waals surface area contributed by atoms with E-state index in [1.165, 1.54) is 30.5 Å². The van der Waals surface area contributed by atoms with Crippen LogP contribution in [-0.4, -0.2) is 6.04 Å². The van der Waals surface area contributed by atoms with E-state index in [2.05, 4.69) is 60.2 Å². The topological polar surface area (TPSA) is 12.0 Å². The van der Waals surface area contributed by atoms with Crippen molar-refractivity contribution in [3.8, 4) is 0 Å². The Kier molecular flexibility index (Phi) is 4.13. The minimum atomic E-state index is 0.631. The summed E-state index contributed by atoms with van der Waals surface area (Å²) in [6, 6.07) is 7.10. The Balaban J connectivity index is 2.11. The lowest BCUT2D eigenvalue weighted by Crippen LogP contribution is -2.33. The van der Waals surface area contributed by atoms with Crippen molar-refractivity contribution >= 4 is 21.6 Å².